The van der Waals surface area contributed by atoms with E-state index in [1.807, 2.05) is 4.98 Å². The van der Waals surface area contributed by atoms with Crippen LogP contribution in [0, 0.1) is 5.82 Å². The van der Waals surface area contributed by atoms with Gasteiger partial charge in [0.2, 0.25) is 5.72 Å². The zero-order valence-electron chi connectivity index (χ0n) is 17.6. The molecule has 14 nitrogen and oxygen atoms in total. The standard InChI is InChI=1S/C18H18BrFN5O9P/c19-10-7-9(1-2-11(10)20)12-4-6-31-35(30,34-12)32-8-18(23-24-21)15(28)14(27)16(33-18)25-5-3-13(26)22-17(25)29/h1-3,5,7,12,14-16,27-28H,4,6,8H2,(H,22,26,29)/t12-,14+,15-,16+,18+,35?/m0/s1. The van der Waals surface area contributed by atoms with E-state index >= 15 is 0 Å². The molecule has 17 heteroatoms. The largest absolute Gasteiger partial charge is 0.475 e. The van der Waals surface area contributed by atoms with E-state index < -0.39 is 61.8 Å². The van der Waals surface area contributed by atoms with Gasteiger partial charge in [-0.1, -0.05) is 11.2 Å². The first-order valence-electron chi connectivity index (χ1n) is 10.0. The second-order valence-electron chi connectivity index (χ2n) is 7.61. The Morgan fingerprint density at radius 3 is 2.86 bits per heavy atom. The van der Waals surface area contributed by atoms with E-state index in [0.717, 1.165) is 16.8 Å². The summed E-state index contributed by atoms with van der Waals surface area (Å²) in [5.74, 6) is -0.501. The first-order chi connectivity index (χ1) is 16.6. The Balaban J connectivity index is 1.55. The molecule has 3 N–H and O–H groups in total. The van der Waals surface area contributed by atoms with Crippen molar-refractivity contribution in [1.29, 1.82) is 0 Å². The molecule has 188 valence electrons. The summed E-state index contributed by atoms with van der Waals surface area (Å²) < 4.78 is 49.1. The number of nitrogens with zero attached hydrogens (tertiary/aromatic N) is 4. The maximum absolute atomic E-state index is 13.6. The first-order valence-corrected chi connectivity index (χ1v) is 12.3. The molecule has 2 aliphatic rings. The predicted octanol–water partition coefficient (Wildman–Crippen LogP) is 2.00. The number of hydrogen-bond donors (Lipinski definition) is 3. The van der Waals surface area contributed by atoms with Crippen LogP contribution < -0.4 is 11.2 Å². The van der Waals surface area contributed by atoms with Gasteiger partial charge in [-0.15, -0.1) is 0 Å². The highest BCUT2D eigenvalue weighted by Gasteiger charge is 2.56. The molecule has 2 aromatic rings. The van der Waals surface area contributed by atoms with Crippen molar-refractivity contribution in [2.75, 3.05) is 13.2 Å². The van der Waals surface area contributed by atoms with Crippen LogP contribution in [0.15, 0.2) is 49.6 Å². The molecule has 6 atom stereocenters. The van der Waals surface area contributed by atoms with Gasteiger partial charge in [-0.3, -0.25) is 27.9 Å². The van der Waals surface area contributed by atoms with Crippen molar-refractivity contribution in [3.05, 3.63) is 77.6 Å². The van der Waals surface area contributed by atoms with E-state index in [1.165, 1.54) is 18.2 Å². The summed E-state index contributed by atoms with van der Waals surface area (Å²) in [6, 6.07) is 5.06. The van der Waals surface area contributed by atoms with Gasteiger partial charge in [-0.05, 0) is 39.2 Å². The van der Waals surface area contributed by atoms with Crippen LogP contribution in [0.4, 0.5) is 4.39 Å². The molecule has 0 bridgehead atoms. The molecule has 1 unspecified atom stereocenters. The van der Waals surface area contributed by atoms with Crippen LogP contribution in [0.3, 0.4) is 0 Å². The van der Waals surface area contributed by atoms with E-state index in [2.05, 4.69) is 26.0 Å². The fraction of sp³-hybridized carbons (Fsp3) is 0.444. The summed E-state index contributed by atoms with van der Waals surface area (Å²) in [5, 5.41) is 24.5. The molecular formula is C18H18BrFN5O9P. The number of halogens is 2. The van der Waals surface area contributed by atoms with E-state index in [1.54, 1.807) is 0 Å². The van der Waals surface area contributed by atoms with Gasteiger partial charge in [0.1, 0.15) is 18.0 Å². The van der Waals surface area contributed by atoms with Crippen molar-refractivity contribution in [1.82, 2.24) is 9.55 Å². The monoisotopic (exact) mass is 577 g/mol. The Kier molecular flexibility index (Phi) is 7.29. The lowest BCUT2D eigenvalue weighted by Gasteiger charge is -2.32. The number of aliphatic hydroxyl groups excluding tert-OH is 2. The van der Waals surface area contributed by atoms with Crippen molar-refractivity contribution in [3.63, 3.8) is 0 Å². The first kappa shape index (κ1) is 25.7. The van der Waals surface area contributed by atoms with Gasteiger partial charge in [-0.25, -0.2) is 13.8 Å². The second-order valence-corrected chi connectivity index (χ2v) is 10.1. The molecule has 2 aliphatic heterocycles. The third kappa shape index (κ3) is 5.11. The van der Waals surface area contributed by atoms with Crippen LogP contribution >= 0.6 is 23.8 Å². The molecule has 1 aromatic carbocycles. The maximum Gasteiger partial charge on any atom is 0.475 e. The van der Waals surface area contributed by atoms with Crippen molar-refractivity contribution in [3.8, 4) is 0 Å². The molecule has 0 radical (unpaired) electrons. The third-order valence-corrected chi connectivity index (χ3v) is 7.44. The molecule has 3 heterocycles. The molecule has 1 aromatic heterocycles. The van der Waals surface area contributed by atoms with E-state index in [4.69, 9.17) is 23.8 Å². The lowest BCUT2D eigenvalue weighted by atomic mass is 10.1. The smallest absolute Gasteiger partial charge is 0.387 e. The summed E-state index contributed by atoms with van der Waals surface area (Å²) in [5.41, 5.74) is 5.50. The van der Waals surface area contributed by atoms with Gasteiger partial charge >= 0.3 is 13.5 Å². The van der Waals surface area contributed by atoms with Crippen LogP contribution in [-0.2, 0) is 22.9 Å². The number of azide groups is 1. The van der Waals surface area contributed by atoms with Gasteiger partial charge in [0.05, 0.1) is 23.8 Å². The highest BCUT2D eigenvalue weighted by molar-refractivity contribution is 9.10. The fourth-order valence-corrected chi connectivity index (χ4v) is 5.42. The van der Waals surface area contributed by atoms with Crippen LogP contribution in [0.25, 0.3) is 10.4 Å². The highest BCUT2D eigenvalue weighted by Crippen LogP contribution is 2.58. The summed E-state index contributed by atoms with van der Waals surface area (Å²) >= 11 is 3.07. The number of aromatic nitrogens is 2. The summed E-state index contributed by atoms with van der Waals surface area (Å²) in [6.07, 6.45) is -4.87. The molecule has 35 heavy (non-hydrogen) atoms. The second kappa shape index (κ2) is 9.93. The normalized spacial score (nSPS) is 32.8. The number of aliphatic hydroxyl groups is 2. The Bertz CT molecular complexity index is 1330. The quantitative estimate of drug-likeness (QED) is 0.199. The van der Waals surface area contributed by atoms with E-state index in [0.29, 0.717) is 5.56 Å². The van der Waals surface area contributed by atoms with Crippen LogP contribution in [-0.4, -0.2) is 50.9 Å². The topological polar surface area (TPSA) is 198 Å². The number of phosphoric ester groups is 1. The molecule has 4 rings (SSSR count). The summed E-state index contributed by atoms with van der Waals surface area (Å²) in [7, 11) is -4.32. The zero-order valence-corrected chi connectivity index (χ0v) is 20.0. The average molecular weight is 578 g/mol. The van der Waals surface area contributed by atoms with Gasteiger partial charge in [0.25, 0.3) is 5.56 Å². The van der Waals surface area contributed by atoms with Gasteiger partial charge in [0.15, 0.2) is 6.23 Å². The summed E-state index contributed by atoms with van der Waals surface area (Å²) in [6.45, 7) is -0.964. The van der Waals surface area contributed by atoms with Gasteiger partial charge < -0.3 is 14.9 Å². The number of H-pyrrole nitrogens is 1. The van der Waals surface area contributed by atoms with Crippen molar-refractivity contribution in [2.24, 2.45) is 5.11 Å². The Morgan fingerprint density at radius 2 is 2.17 bits per heavy atom. The fourth-order valence-electron chi connectivity index (χ4n) is 3.62. The number of phosphoric acid groups is 1. The van der Waals surface area contributed by atoms with Crippen LogP contribution in [0.5, 0.6) is 0 Å². The SMILES string of the molecule is [N-]=[N+]=N[C@]1(COP2(=O)OCC[C@@H](c3ccc(F)c(Br)c3)O2)O[C@@H](n2ccc(=O)[nH]c2=O)[C@H](O)[C@@H]1O. The Labute approximate surface area is 203 Å². The minimum absolute atomic E-state index is 0.0626. The highest BCUT2D eigenvalue weighted by atomic mass is 79.9. The minimum Gasteiger partial charge on any atom is -0.387 e. The number of benzene rings is 1. The van der Waals surface area contributed by atoms with E-state index in [-0.39, 0.29) is 17.5 Å². The molecular weight excluding hydrogens is 560 g/mol. The number of rotatable bonds is 6. The molecule has 2 saturated heterocycles. The number of ether oxygens (including phenoxy) is 1. The Hall–Kier alpha value is -2.39. The summed E-state index contributed by atoms with van der Waals surface area (Å²) in [4.78, 5) is 28.0. The maximum atomic E-state index is 13.6. The Morgan fingerprint density at radius 1 is 1.40 bits per heavy atom. The van der Waals surface area contributed by atoms with Crippen LogP contribution in [0.2, 0.25) is 0 Å². The number of hydrogen-bond acceptors (Lipinski definition) is 10. The number of nitrogens with one attached hydrogen (secondary N) is 1. The molecule has 0 saturated carbocycles. The molecule has 0 amide bonds. The molecule has 0 aliphatic carbocycles. The molecule has 0 spiro atoms. The van der Waals surface area contributed by atoms with Crippen molar-refractivity contribution in [2.45, 2.75) is 36.7 Å². The lowest BCUT2D eigenvalue weighted by molar-refractivity contribution is -0.127. The molecule has 2 fully saturated rings. The van der Waals surface area contributed by atoms with Crippen molar-refractivity contribution < 1.29 is 37.5 Å². The lowest BCUT2D eigenvalue weighted by Crippen LogP contribution is -2.45. The average Bonchev–Trinajstić information content (AvgIpc) is 3.05. The number of aromatic amines is 1. The van der Waals surface area contributed by atoms with E-state index in [9.17, 15) is 28.8 Å². The van der Waals surface area contributed by atoms with Crippen LogP contribution in [0.1, 0.15) is 24.3 Å². The predicted molar refractivity (Wildman–Crippen MR) is 117 cm³/mol. The third-order valence-electron chi connectivity index (χ3n) is 5.37. The van der Waals surface area contributed by atoms with Gasteiger partial charge in [0, 0.05) is 23.6 Å². The van der Waals surface area contributed by atoms with Crippen molar-refractivity contribution >= 4 is 23.8 Å². The zero-order chi connectivity index (χ0) is 25.4. The minimum atomic E-state index is -4.32. The van der Waals surface area contributed by atoms with Gasteiger partial charge in [-0.2, -0.15) is 0 Å².